The summed E-state index contributed by atoms with van der Waals surface area (Å²) in [6.45, 7) is 0. The lowest BCUT2D eigenvalue weighted by atomic mass is 9.96. The van der Waals surface area contributed by atoms with E-state index in [9.17, 15) is 13.2 Å². The molecule has 21 heavy (non-hydrogen) atoms. The fourth-order valence-electron chi connectivity index (χ4n) is 3.50. The number of rotatable bonds is 2. The fraction of sp³-hybridized carbons (Fsp3) is 0.533. The van der Waals surface area contributed by atoms with E-state index in [1.165, 1.54) is 31.4 Å². The molecule has 0 aromatic heterocycles. The van der Waals surface area contributed by atoms with Gasteiger partial charge in [-0.1, -0.05) is 6.42 Å². The summed E-state index contributed by atoms with van der Waals surface area (Å²) < 4.78 is 37.4. The van der Waals surface area contributed by atoms with Gasteiger partial charge in [-0.2, -0.15) is 13.2 Å². The number of hydrogen-bond donors (Lipinski definition) is 2. The molecular formula is C15H17F3N2S. The molecule has 2 aliphatic carbocycles. The van der Waals surface area contributed by atoms with Crippen molar-refractivity contribution in [3.05, 3.63) is 29.8 Å². The highest BCUT2D eigenvalue weighted by Crippen LogP contribution is 2.44. The Kier molecular flexibility index (Phi) is 3.82. The van der Waals surface area contributed by atoms with E-state index in [1.807, 2.05) is 0 Å². The van der Waals surface area contributed by atoms with Crippen LogP contribution < -0.4 is 10.6 Å². The van der Waals surface area contributed by atoms with E-state index in [4.69, 9.17) is 12.2 Å². The lowest BCUT2D eigenvalue weighted by Crippen LogP contribution is -2.40. The Morgan fingerprint density at radius 3 is 2.33 bits per heavy atom. The molecule has 0 spiro atoms. The van der Waals surface area contributed by atoms with E-state index < -0.39 is 11.7 Å². The van der Waals surface area contributed by atoms with Crippen LogP contribution in [0.5, 0.6) is 0 Å². The van der Waals surface area contributed by atoms with Crippen LogP contribution in [0, 0.1) is 11.8 Å². The molecule has 1 aromatic rings. The van der Waals surface area contributed by atoms with Gasteiger partial charge in [-0.15, -0.1) is 0 Å². The summed E-state index contributed by atoms with van der Waals surface area (Å²) in [6, 6.07) is 5.33. The summed E-state index contributed by atoms with van der Waals surface area (Å²) in [6.07, 6.45) is 0.702. The molecule has 2 N–H and O–H groups in total. The Labute approximate surface area is 127 Å². The molecule has 0 heterocycles. The molecule has 3 rings (SSSR count). The first-order valence-electron chi connectivity index (χ1n) is 7.16. The Hall–Kier alpha value is -1.30. The molecule has 2 nitrogen and oxygen atoms in total. The molecule has 2 saturated carbocycles. The van der Waals surface area contributed by atoms with Crippen molar-refractivity contribution < 1.29 is 13.2 Å². The molecule has 0 aliphatic heterocycles. The van der Waals surface area contributed by atoms with Gasteiger partial charge in [0.2, 0.25) is 0 Å². The second-order valence-electron chi connectivity index (χ2n) is 5.95. The van der Waals surface area contributed by atoms with Gasteiger partial charge in [0.05, 0.1) is 5.56 Å². The van der Waals surface area contributed by atoms with Gasteiger partial charge in [-0.05, 0) is 67.6 Å². The van der Waals surface area contributed by atoms with Crippen molar-refractivity contribution in [1.82, 2.24) is 5.32 Å². The molecule has 0 radical (unpaired) electrons. The van der Waals surface area contributed by atoms with E-state index in [1.54, 1.807) is 0 Å². The Morgan fingerprint density at radius 1 is 1.10 bits per heavy atom. The standard InChI is InChI=1S/C15H17F3N2S/c16-15(17,18)11-3-5-12(6-4-11)19-14(21)20-13-8-9-1-2-10(13)7-9/h3-6,9-10,13H,1-2,7-8H2,(H2,19,20,21). The second kappa shape index (κ2) is 5.48. The Morgan fingerprint density at radius 2 is 1.81 bits per heavy atom. The molecule has 3 unspecified atom stereocenters. The van der Waals surface area contributed by atoms with Crippen LogP contribution in [0.4, 0.5) is 18.9 Å². The van der Waals surface area contributed by atoms with Gasteiger partial charge in [0, 0.05) is 11.7 Å². The van der Waals surface area contributed by atoms with Crippen molar-refractivity contribution in [3.63, 3.8) is 0 Å². The molecule has 3 atom stereocenters. The maximum absolute atomic E-state index is 12.5. The summed E-state index contributed by atoms with van der Waals surface area (Å²) in [5, 5.41) is 6.75. The molecule has 0 amide bonds. The third kappa shape index (κ3) is 3.31. The Balaban J connectivity index is 1.55. The predicted octanol–water partition coefficient (Wildman–Crippen LogP) is 4.18. The predicted molar refractivity (Wildman–Crippen MR) is 80.0 cm³/mol. The largest absolute Gasteiger partial charge is 0.416 e. The zero-order valence-electron chi connectivity index (χ0n) is 11.4. The summed E-state index contributed by atoms with van der Waals surface area (Å²) in [5.74, 6) is 1.52. The highest BCUT2D eigenvalue weighted by atomic mass is 32.1. The third-order valence-electron chi connectivity index (χ3n) is 4.52. The van der Waals surface area contributed by atoms with Crippen LogP contribution >= 0.6 is 12.2 Å². The zero-order valence-corrected chi connectivity index (χ0v) is 12.2. The topological polar surface area (TPSA) is 24.1 Å². The number of halogens is 3. The van der Waals surface area contributed by atoms with Gasteiger partial charge in [0.25, 0.3) is 0 Å². The molecule has 2 aliphatic rings. The van der Waals surface area contributed by atoms with Gasteiger partial charge in [0.1, 0.15) is 0 Å². The van der Waals surface area contributed by atoms with Crippen LogP contribution in [0.25, 0.3) is 0 Å². The average molecular weight is 314 g/mol. The second-order valence-corrected chi connectivity index (χ2v) is 6.36. The minimum absolute atomic E-state index is 0.415. The van der Waals surface area contributed by atoms with Crippen LogP contribution in [0.1, 0.15) is 31.2 Å². The minimum Gasteiger partial charge on any atom is -0.359 e. The fourth-order valence-corrected chi connectivity index (χ4v) is 3.77. The van der Waals surface area contributed by atoms with E-state index in [2.05, 4.69) is 10.6 Å². The van der Waals surface area contributed by atoms with Gasteiger partial charge >= 0.3 is 6.18 Å². The molecule has 2 bridgehead atoms. The van der Waals surface area contributed by atoms with E-state index in [0.717, 1.165) is 24.5 Å². The number of anilines is 1. The van der Waals surface area contributed by atoms with E-state index in [0.29, 0.717) is 22.8 Å². The van der Waals surface area contributed by atoms with Crippen molar-refractivity contribution >= 4 is 23.0 Å². The van der Waals surface area contributed by atoms with Gasteiger partial charge in [-0.25, -0.2) is 0 Å². The van der Waals surface area contributed by atoms with Crippen molar-refractivity contribution in [1.29, 1.82) is 0 Å². The van der Waals surface area contributed by atoms with Crippen LogP contribution in [-0.4, -0.2) is 11.2 Å². The highest BCUT2D eigenvalue weighted by molar-refractivity contribution is 7.80. The SMILES string of the molecule is FC(F)(F)c1ccc(NC(=S)NC2CC3CCC2C3)cc1. The van der Waals surface area contributed by atoms with Crippen LogP contribution in [0.3, 0.4) is 0 Å². The molecule has 1 aromatic carbocycles. The number of fused-ring (bicyclic) bond motifs is 2. The third-order valence-corrected chi connectivity index (χ3v) is 4.74. The summed E-state index contributed by atoms with van der Waals surface area (Å²) in [7, 11) is 0. The molecule has 6 heteroatoms. The summed E-state index contributed by atoms with van der Waals surface area (Å²) in [4.78, 5) is 0. The number of hydrogen-bond acceptors (Lipinski definition) is 1. The van der Waals surface area contributed by atoms with Crippen molar-refractivity contribution in [2.45, 2.75) is 37.9 Å². The number of nitrogens with one attached hydrogen (secondary N) is 2. The molecule has 0 saturated heterocycles. The Bertz CT molecular complexity index is 527. The van der Waals surface area contributed by atoms with Gasteiger partial charge < -0.3 is 10.6 Å². The maximum atomic E-state index is 12.5. The van der Waals surface area contributed by atoms with Crippen molar-refractivity contribution in [3.8, 4) is 0 Å². The number of benzene rings is 1. The molecule has 114 valence electrons. The van der Waals surface area contributed by atoms with E-state index >= 15 is 0 Å². The maximum Gasteiger partial charge on any atom is 0.416 e. The first-order valence-corrected chi connectivity index (χ1v) is 7.57. The van der Waals surface area contributed by atoms with Crippen molar-refractivity contribution in [2.24, 2.45) is 11.8 Å². The van der Waals surface area contributed by atoms with E-state index in [-0.39, 0.29) is 0 Å². The monoisotopic (exact) mass is 314 g/mol. The van der Waals surface area contributed by atoms with Gasteiger partial charge in [0.15, 0.2) is 5.11 Å². The van der Waals surface area contributed by atoms with Crippen LogP contribution in [0.2, 0.25) is 0 Å². The van der Waals surface area contributed by atoms with Gasteiger partial charge in [-0.3, -0.25) is 0 Å². The molecule has 2 fully saturated rings. The lowest BCUT2D eigenvalue weighted by Gasteiger charge is -2.24. The smallest absolute Gasteiger partial charge is 0.359 e. The molecular weight excluding hydrogens is 297 g/mol. The lowest BCUT2D eigenvalue weighted by molar-refractivity contribution is -0.137. The van der Waals surface area contributed by atoms with Crippen molar-refractivity contribution in [2.75, 3.05) is 5.32 Å². The normalized spacial score (nSPS) is 27.7. The average Bonchev–Trinajstić information content (AvgIpc) is 3.00. The number of alkyl halides is 3. The quantitative estimate of drug-likeness (QED) is 0.801. The number of thiocarbonyl (C=S) groups is 1. The summed E-state index contributed by atoms with van der Waals surface area (Å²) in [5.41, 5.74) is -0.0799. The first-order chi connectivity index (χ1) is 9.91. The van der Waals surface area contributed by atoms with Crippen LogP contribution in [-0.2, 0) is 6.18 Å². The zero-order chi connectivity index (χ0) is 15.0. The first kappa shape index (κ1) is 14.6. The highest BCUT2D eigenvalue weighted by Gasteiger charge is 2.39. The van der Waals surface area contributed by atoms with Crippen LogP contribution in [0.15, 0.2) is 24.3 Å². The summed E-state index contributed by atoms with van der Waals surface area (Å²) >= 11 is 5.25. The minimum atomic E-state index is -4.31.